The number of ether oxygens (including phenoxy) is 3. The average Bonchev–Trinajstić information content (AvgIpc) is 3.18. The summed E-state index contributed by atoms with van der Waals surface area (Å²) >= 11 is 6.20. The number of nitrogens with zero attached hydrogens (tertiary/aromatic N) is 1. The largest absolute Gasteiger partial charge is 0.495 e. The first kappa shape index (κ1) is 23.4. The monoisotopic (exact) mass is 480 g/mol. The van der Waals surface area contributed by atoms with E-state index in [-0.39, 0.29) is 18.2 Å². The van der Waals surface area contributed by atoms with Crippen molar-refractivity contribution in [3.05, 3.63) is 82.4 Å². The quantitative estimate of drug-likeness (QED) is 0.486. The van der Waals surface area contributed by atoms with Crippen LogP contribution in [0.25, 0.3) is 0 Å². The second-order valence-electron chi connectivity index (χ2n) is 7.82. The number of benzene rings is 3. The Morgan fingerprint density at radius 3 is 2.35 bits per heavy atom. The minimum Gasteiger partial charge on any atom is -0.495 e. The molecule has 0 spiro atoms. The van der Waals surface area contributed by atoms with Crippen LogP contribution < -0.4 is 19.5 Å². The van der Waals surface area contributed by atoms with E-state index < -0.39 is 6.04 Å². The Morgan fingerprint density at radius 1 is 0.971 bits per heavy atom. The fraction of sp³-hybridized carbons (Fsp3) is 0.231. The van der Waals surface area contributed by atoms with Crippen molar-refractivity contribution in [2.75, 3.05) is 26.6 Å². The van der Waals surface area contributed by atoms with Gasteiger partial charge in [0.15, 0.2) is 11.5 Å². The van der Waals surface area contributed by atoms with E-state index in [9.17, 15) is 9.59 Å². The smallest absolute Gasteiger partial charge is 0.255 e. The third kappa shape index (κ3) is 4.65. The lowest BCUT2D eigenvalue weighted by Gasteiger charge is -2.28. The zero-order valence-electron chi connectivity index (χ0n) is 19.1. The summed E-state index contributed by atoms with van der Waals surface area (Å²) in [7, 11) is 4.63. The predicted octanol–water partition coefficient (Wildman–Crippen LogP) is 5.09. The van der Waals surface area contributed by atoms with Crippen molar-refractivity contribution >= 4 is 29.1 Å². The van der Waals surface area contributed by atoms with Gasteiger partial charge < -0.3 is 24.4 Å². The van der Waals surface area contributed by atoms with Crippen LogP contribution in [0.3, 0.4) is 0 Å². The summed E-state index contributed by atoms with van der Waals surface area (Å²) in [5.74, 6) is 1.23. The van der Waals surface area contributed by atoms with Crippen LogP contribution >= 0.6 is 11.6 Å². The van der Waals surface area contributed by atoms with Gasteiger partial charge in [-0.3, -0.25) is 9.59 Å². The molecule has 3 aromatic rings. The van der Waals surface area contributed by atoms with Crippen LogP contribution in [-0.4, -0.2) is 38.0 Å². The maximum Gasteiger partial charge on any atom is 0.255 e. The molecule has 1 N–H and O–H groups in total. The molecule has 1 aliphatic rings. The second kappa shape index (κ2) is 10.1. The summed E-state index contributed by atoms with van der Waals surface area (Å²) in [6.07, 6.45) is 0.0405. The van der Waals surface area contributed by atoms with Crippen molar-refractivity contribution in [2.24, 2.45) is 0 Å². The lowest BCUT2D eigenvalue weighted by Crippen LogP contribution is -2.32. The highest BCUT2D eigenvalue weighted by Gasteiger charge is 2.35. The molecule has 176 valence electrons. The Hall–Kier alpha value is -3.71. The Morgan fingerprint density at radius 2 is 1.68 bits per heavy atom. The van der Waals surface area contributed by atoms with Gasteiger partial charge in [-0.05, 0) is 47.5 Å². The maximum atomic E-state index is 13.3. The first-order valence-corrected chi connectivity index (χ1v) is 11.1. The van der Waals surface area contributed by atoms with Crippen LogP contribution in [0.1, 0.15) is 33.9 Å². The number of halogens is 1. The number of anilines is 1. The molecule has 34 heavy (non-hydrogen) atoms. The lowest BCUT2D eigenvalue weighted by atomic mass is 10.0. The molecule has 4 rings (SSSR count). The number of hydrogen-bond donors (Lipinski definition) is 1. The molecule has 1 heterocycles. The molecule has 1 unspecified atom stereocenters. The second-order valence-corrected chi connectivity index (χ2v) is 8.23. The van der Waals surface area contributed by atoms with Crippen molar-refractivity contribution in [3.63, 3.8) is 0 Å². The van der Waals surface area contributed by atoms with E-state index in [4.69, 9.17) is 25.8 Å². The summed E-state index contributed by atoms with van der Waals surface area (Å²) in [6, 6.07) is 17.4. The van der Waals surface area contributed by atoms with Crippen molar-refractivity contribution in [3.8, 4) is 17.2 Å². The van der Waals surface area contributed by atoms with E-state index in [0.717, 1.165) is 11.1 Å². The van der Waals surface area contributed by atoms with Gasteiger partial charge in [0, 0.05) is 17.8 Å². The van der Waals surface area contributed by atoms with Gasteiger partial charge in [0.25, 0.3) is 5.91 Å². The van der Waals surface area contributed by atoms with Crippen LogP contribution in [0.2, 0.25) is 5.02 Å². The van der Waals surface area contributed by atoms with E-state index in [2.05, 4.69) is 5.32 Å². The molecule has 0 radical (unpaired) electrons. The topological polar surface area (TPSA) is 77.1 Å². The number of carbonyl (C=O) groups is 2. The molecule has 7 nitrogen and oxygen atoms in total. The number of fused-ring (bicyclic) bond motifs is 1. The van der Waals surface area contributed by atoms with Gasteiger partial charge >= 0.3 is 0 Å². The van der Waals surface area contributed by atoms with E-state index in [1.807, 2.05) is 30.3 Å². The third-order valence-electron chi connectivity index (χ3n) is 5.83. The number of carbonyl (C=O) groups excluding carboxylic acids is 2. The van der Waals surface area contributed by atoms with Gasteiger partial charge in [-0.15, -0.1) is 0 Å². The first-order valence-electron chi connectivity index (χ1n) is 10.7. The zero-order valence-corrected chi connectivity index (χ0v) is 19.9. The molecule has 0 fully saturated rings. The van der Waals surface area contributed by atoms with Crippen molar-refractivity contribution < 1.29 is 23.8 Å². The van der Waals surface area contributed by atoms with Crippen LogP contribution in [0.4, 0.5) is 5.69 Å². The summed E-state index contributed by atoms with van der Waals surface area (Å²) in [4.78, 5) is 28.1. The lowest BCUT2D eigenvalue weighted by molar-refractivity contribution is -0.117. The summed E-state index contributed by atoms with van der Waals surface area (Å²) in [5, 5.41) is 3.26. The standard InChI is InChI=1S/C26H25ClN2O5/c1-32-22-11-9-18(13-20(22)27)28-25(30)14-21(16-8-10-23(33-2)24(12-16)34-3)29-15-17-6-4-5-7-19(17)26(29)31/h4-13,21H,14-15H2,1-3H3,(H,28,30). The average molecular weight is 481 g/mol. The van der Waals surface area contributed by atoms with Crippen molar-refractivity contribution in [1.29, 1.82) is 0 Å². The predicted molar refractivity (Wildman–Crippen MR) is 130 cm³/mol. The molecule has 0 saturated heterocycles. The summed E-state index contributed by atoms with van der Waals surface area (Å²) in [6.45, 7) is 0.412. The van der Waals surface area contributed by atoms with Gasteiger partial charge in [-0.2, -0.15) is 0 Å². The van der Waals surface area contributed by atoms with Crippen LogP contribution in [0, 0.1) is 0 Å². The van der Waals surface area contributed by atoms with E-state index in [1.165, 1.54) is 7.11 Å². The molecule has 0 aliphatic carbocycles. The van der Waals surface area contributed by atoms with Gasteiger partial charge in [-0.25, -0.2) is 0 Å². The molecule has 0 aromatic heterocycles. The van der Waals surface area contributed by atoms with Crippen LogP contribution in [0.15, 0.2) is 60.7 Å². The summed E-state index contributed by atoms with van der Waals surface area (Å²) in [5.41, 5.74) is 2.88. The highest BCUT2D eigenvalue weighted by Crippen LogP contribution is 2.37. The van der Waals surface area contributed by atoms with E-state index in [1.54, 1.807) is 49.5 Å². The molecule has 0 saturated carbocycles. The van der Waals surface area contributed by atoms with E-state index >= 15 is 0 Å². The highest BCUT2D eigenvalue weighted by atomic mass is 35.5. The molecule has 1 aliphatic heterocycles. The number of rotatable bonds is 8. The third-order valence-corrected chi connectivity index (χ3v) is 6.13. The molecular weight excluding hydrogens is 456 g/mol. The number of nitrogens with one attached hydrogen (secondary N) is 1. The van der Waals surface area contributed by atoms with Crippen LogP contribution in [0.5, 0.6) is 17.2 Å². The Bertz CT molecular complexity index is 1230. The minimum absolute atomic E-state index is 0.0405. The first-order chi connectivity index (χ1) is 16.4. The molecule has 1 atom stereocenters. The molecule has 2 amide bonds. The Balaban J connectivity index is 1.64. The van der Waals surface area contributed by atoms with Gasteiger partial charge in [0.05, 0.1) is 38.8 Å². The number of hydrogen-bond acceptors (Lipinski definition) is 5. The fourth-order valence-electron chi connectivity index (χ4n) is 4.13. The SMILES string of the molecule is COc1ccc(NC(=O)CC(c2ccc(OC)c(OC)c2)N2Cc3ccccc3C2=O)cc1Cl. The van der Waals surface area contributed by atoms with Crippen molar-refractivity contribution in [2.45, 2.75) is 19.0 Å². The highest BCUT2D eigenvalue weighted by molar-refractivity contribution is 6.32. The van der Waals surface area contributed by atoms with Crippen molar-refractivity contribution in [1.82, 2.24) is 4.90 Å². The van der Waals surface area contributed by atoms with Crippen LogP contribution in [-0.2, 0) is 11.3 Å². The fourth-order valence-corrected chi connectivity index (χ4v) is 4.39. The normalized spacial score (nSPS) is 13.3. The van der Waals surface area contributed by atoms with Gasteiger partial charge in [0.1, 0.15) is 5.75 Å². The number of methoxy groups -OCH3 is 3. The minimum atomic E-state index is -0.520. The van der Waals surface area contributed by atoms with Gasteiger partial charge in [-0.1, -0.05) is 35.9 Å². The number of amides is 2. The molecular formula is C26H25ClN2O5. The molecule has 3 aromatic carbocycles. The maximum absolute atomic E-state index is 13.3. The zero-order chi connectivity index (χ0) is 24.2. The van der Waals surface area contributed by atoms with E-state index in [0.29, 0.717) is 40.1 Å². The molecule has 8 heteroatoms. The van der Waals surface area contributed by atoms with Gasteiger partial charge in [0.2, 0.25) is 5.91 Å². The Labute approximate surface area is 203 Å². The Kier molecular flexibility index (Phi) is 6.93. The summed E-state index contributed by atoms with van der Waals surface area (Å²) < 4.78 is 16.0. The molecule has 0 bridgehead atoms.